The normalized spacial score (nSPS) is 12.8. The third-order valence-corrected chi connectivity index (χ3v) is 5.80. The van der Waals surface area contributed by atoms with E-state index in [1.165, 1.54) is 18.2 Å². The summed E-state index contributed by atoms with van der Waals surface area (Å²) in [5, 5.41) is 10.3. The summed E-state index contributed by atoms with van der Waals surface area (Å²) in [5.41, 5.74) is 4.05. The number of halogens is 2. The first-order valence-corrected chi connectivity index (χ1v) is 10.7. The van der Waals surface area contributed by atoms with Crippen LogP contribution in [0.2, 0.25) is 5.02 Å². The van der Waals surface area contributed by atoms with Crippen molar-refractivity contribution in [1.29, 1.82) is 0 Å². The van der Waals surface area contributed by atoms with Gasteiger partial charge in [0.1, 0.15) is 17.3 Å². The number of hydrogen-bond donors (Lipinski definition) is 2. The van der Waals surface area contributed by atoms with Crippen LogP contribution in [0.4, 0.5) is 20.6 Å². The van der Waals surface area contributed by atoms with E-state index in [0.717, 1.165) is 42.6 Å². The predicted octanol–water partition coefficient (Wildman–Crippen LogP) is 5.34. The zero-order valence-corrected chi connectivity index (χ0v) is 18.6. The molecule has 2 N–H and O–H groups in total. The molecular weight excluding hydrogens is 435 g/mol. The summed E-state index contributed by atoms with van der Waals surface area (Å²) in [4.78, 5) is 14.9. The number of H-pyrrole nitrogens is 1. The number of amides is 2. The molecule has 3 aromatic rings. The fraction of sp³-hybridized carbons (Fsp3) is 0.304. The fourth-order valence-electron chi connectivity index (χ4n) is 3.82. The third-order valence-electron chi connectivity index (χ3n) is 5.51. The van der Waals surface area contributed by atoms with Gasteiger partial charge >= 0.3 is 6.03 Å². The van der Waals surface area contributed by atoms with Crippen molar-refractivity contribution in [3.63, 3.8) is 0 Å². The number of fused-ring (bicyclic) bond motifs is 1. The number of nitrogens with one attached hydrogen (secondary N) is 2. The van der Waals surface area contributed by atoms with E-state index in [9.17, 15) is 9.18 Å². The highest BCUT2D eigenvalue weighted by Crippen LogP contribution is 2.31. The molecule has 0 fully saturated rings. The number of urea groups is 1. The van der Waals surface area contributed by atoms with Crippen molar-refractivity contribution in [2.75, 3.05) is 24.4 Å². The predicted molar refractivity (Wildman–Crippen MR) is 121 cm³/mol. The summed E-state index contributed by atoms with van der Waals surface area (Å²) in [6.45, 7) is 0.239. The number of benzene rings is 2. The molecule has 2 amide bonds. The van der Waals surface area contributed by atoms with E-state index < -0.39 is 11.8 Å². The molecule has 1 aromatic heterocycles. The molecule has 4 rings (SSSR count). The second-order valence-electron chi connectivity index (χ2n) is 7.55. The first-order valence-electron chi connectivity index (χ1n) is 10.3. The Hall–Kier alpha value is -3.26. The Kier molecular flexibility index (Phi) is 6.50. The molecule has 2 aromatic carbocycles. The van der Waals surface area contributed by atoms with Crippen LogP contribution in [-0.2, 0) is 19.4 Å². The van der Waals surface area contributed by atoms with Crippen molar-refractivity contribution < 1.29 is 18.7 Å². The Balaban J connectivity index is 1.69. The first kappa shape index (κ1) is 22.0. The standard InChI is InChI=1S/C23H24ClFN4O3/c1-31-16-10-15(11-17(12-16)32-2)29(13-22-18-5-3-4-6-21(18)27-28-22)23(30)26-14-7-8-20(25)19(24)9-14/h7-12H,3-6,13H2,1-2H3,(H,26,30)(H,27,28). The van der Waals surface area contributed by atoms with E-state index in [-0.39, 0.29) is 11.6 Å². The lowest BCUT2D eigenvalue weighted by molar-refractivity contribution is 0.256. The van der Waals surface area contributed by atoms with Crippen molar-refractivity contribution in [1.82, 2.24) is 10.2 Å². The highest BCUT2D eigenvalue weighted by molar-refractivity contribution is 6.31. The van der Waals surface area contributed by atoms with Crippen LogP contribution in [0, 0.1) is 5.82 Å². The summed E-state index contributed by atoms with van der Waals surface area (Å²) < 4.78 is 24.3. The molecule has 0 saturated heterocycles. The lowest BCUT2D eigenvalue weighted by Gasteiger charge is -2.24. The van der Waals surface area contributed by atoms with Crippen molar-refractivity contribution >= 4 is 29.0 Å². The molecular formula is C23H24ClFN4O3. The van der Waals surface area contributed by atoms with Crippen molar-refractivity contribution in [3.8, 4) is 11.5 Å². The molecule has 0 radical (unpaired) electrons. The van der Waals surface area contributed by atoms with Crippen LogP contribution in [0.1, 0.15) is 29.8 Å². The second kappa shape index (κ2) is 9.48. The van der Waals surface area contributed by atoms with Gasteiger partial charge in [-0.05, 0) is 49.4 Å². The number of rotatable bonds is 6. The summed E-state index contributed by atoms with van der Waals surface area (Å²) in [5.74, 6) is 0.541. The highest BCUT2D eigenvalue weighted by Gasteiger charge is 2.24. The summed E-state index contributed by atoms with van der Waals surface area (Å²) in [7, 11) is 3.10. The molecule has 0 unspecified atom stereocenters. The number of ether oxygens (including phenoxy) is 2. The quantitative estimate of drug-likeness (QED) is 0.522. The molecule has 7 nitrogen and oxygen atoms in total. The molecule has 0 bridgehead atoms. The highest BCUT2D eigenvalue weighted by atomic mass is 35.5. The van der Waals surface area contributed by atoms with Gasteiger partial charge in [0, 0.05) is 29.6 Å². The summed E-state index contributed by atoms with van der Waals surface area (Å²) in [6, 6.07) is 8.85. The number of hydrogen-bond acceptors (Lipinski definition) is 4. The molecule has 9 heteroatoms. The number of carbonyl (C=O) groups is 1. The fourth-order valence-corrected chi connectivity index (χ4v) is 4.00. The van der Waals surface area contributed by atoms with Crippen LogP contribution in [-0.4, -0.2) is 30.4 Å². The number of methoxy groups -OCH3 is 2. The second-order valence-corrected chi connectivity index (χ2v) is 7.96. The number of aromatic amines is 1. The number of anilines is 2. The largest absolute Gasteiger partial charge is 0.497 e. The Labute approximate surface area is 190 Å². The molecule has 1 aliphatic rings. The lowest BCUT2D eigenvalue weighted by Crippen LogP contribution is -2.35. The maximum Gasteiger partial charge on any atom is 0.326 e. The zero-order valence-electron chi connectivity index (χ0n) is 17.9. The minimum Gasteiger partial charge on any atom is -0.497 e. The number of nitrogens with zero attached hydrogens (tertiary/aromatic N) is 2. The van der Waals surface area contributed by atoms with Gasteiger partial charge in [0.25, 0.3) is 0 Å². The van der Waals surface area contributed by atoms with Crippen LogP contribution in [0.3, 0.4) is 0 Å². The average Bonchev–Trinajstić information content (AvgIpc) is 3.22. The van der Waals surface area contributed by atoms with Crippen LogP contribution < -0.4 is 19.7 Å². The Bertz CT molecular complexity index is 1110. The van der Waals surface area contributed by atoms with Crippen molar-refractivity contribution in [3.05, 3.63) is 64.2 Å². The van der Waals surface area contributed by atoms with Crippen LogP contribution in [0.15, 0.2) is 36.4 Å². The summed E-state index contributed by atoms with van der Waals surface area (Å²) in [6.07, 6.45) is 4.09. The van der Waals surface area contributed by atoms with Gasteiger partial charge in [0.05, 0.1) is 37.2 Å². The monoisotopic (exact) mass is 458 g/mol. The third kappa shape index (κ3) is 4.65. The molecule has 0 saturated carbocycles. The zero-order chi connectivity index (χ0) is 22.7. The first-order chi connectivity index (χ1) is 15.5. The number of aromatic nitrogens is 2. The Morgan fingerprint density at radius 3 is 2.56 bits per heavy atom. The molecule has 0 atom stereocenters. The van der Waals surface area contributed by atoms with Crippen LogP contribution >= 0.6 is 11.6 Å². The molecule has 1 heterocycles. The van der Waals surface area contributed by atoms with Crippen molar-refractivity contribution in [2.45, 2.75) is 32.2 Å². The van der Waals surface area contributed by atoms with Gasteiger partial charge in [-0.1, -0.05) is 11.6 Å². The minimum absolute atomic E-state index is 0.0706. The molecule has 32 heavy (non-hydrogen) atoms. The Morgan fingerprint density at radius 1 is 1.16 bits per heavy atom. The maximum absolute atomic E-state index is 13.5. The van der Waals surface area contributed by atoms with Gasteiger partial charge in [0.15, 0.2) is 0 Å². The van der Waals surface area contributed by atoms with E-state index in [0.29, 0.717) is 22.9 Å². The molecule has 1 aliphatic carbocycles. The van der Waals surface area contributed by atoms with Crippen LogP contribution in [0.5, 0.6) is 11.5 Å². The maximum atomic E-state index is 13.5. The van der Waals surface area contributed by atoms with Crippen LogP contribution in [0.25, 0.3) is 0 Å². The van der Waals surface area contributed by atoms with E-state index in [4.69, 9.17) is 21.1 Å². The van der Waals surface area contributed by atoms with Gasteiger partial charge in [-0.2, -0.15) is 5.10 Å². The van der Waals surface area contributed by atoms with Gasteiger partial charge in [-0.3, -0.25) is 10.00 Å². The number of carbonyl (C=O) groups excluding carboxylic acids is 1. The van der Waals surface area contributed by atoms with E-state index >= 15 is 0 Å². The molecule has 0 spiro atoms. The molecule has 0 aliphatic heterocycles. The minimum atomic E-state index is -0.554. The van der Waals surface area contributed by atoms with E-state index in [1.54, 1.807) is 37.3 Å². The van der Waals surface area contributed by atoms with Gasteiger partial charge in [0.2, 0.25) is 0 Å². The smallest absolute Gasteiger partial charge is 0.326 e. The van der Waals surface area contributed by atoms with Gasteiger partial charge < -0.3 is 14.8 Å². The van der Waals surface area contributed by atoms with Gasteiger partial charge in [-0.25, -0.2) is 9.18 Å². The topological polar surface area (TPSA) is 79.5 Å². The van der Waals surface area contributed by atoms with Gasteiger partial charge in [-0.15, -0.1) is 0 Å². The lowest BCUT2D eigenvalue weighted by atomic mass is 9.96. The van der Waals surface area contributed by atoms with Crippen molar-refractivity contribution in [2.24, 2.45) is 0 Å². The van der Waals surface area contributed by atoms with E-state index in [2.05, 4.69) is 15.5 Å². The Morgan fingerprint density at radius 2 is 1.88 bits per heavy atom. The number of aryl methyl sites for hydroxylation is 1. The average molecular weight is 459 g/mol. The SMILES string of the molecule is COc1cc(OC)cc(N(Cc2n[nH]c3c2CCCC3)C(=O)Nc2ccc(F)c(Cl)c2)c1. The molecule has 168 valence electrons. The van der Waals surface area contributed by atoms with E-state index in [1.807, 2.05) is 0 Å². The summed E-state index contributed by atoms with van der Waals surface area (Å²) >= 11 is 5.88.